The van der Waals surface area contributed by atoms with Gasteiger partial charge in [-0.05, 0) is 37.7 Å². The van der Waals surface area contributed by atoms with E-state index in [0.29, 0.717) is 35.3 Å². The minimum Gasteiger partial charge on any atom is -0.494 e. The third-order valence-corrected chi connectivity index (χ3v) is 6.77. The van der Waals surface area contributed by atoms with Crippen molar-refractivity contribution in [2.45, 2.75) is 33.6 Å². The first-order chi connectivity index (χ1) is 16.1. The number of benzene rings is 2. The normalized spacial score (nSPS) is 12.1. The lowest BCUT2D eigenvalue weighted by Crippen LogP contribution is -2.38. The zero-order chi connectivity index (χ0) is 23.2. The van der Waals surface area contributed by atoms with Crippen molar-refractivity contribution in [3.05, 3.63) is 42.0 Å². The van der Waals surface area contributed by atoms with Crippen LogP contribution in [0, 0.1) is 0 Å². The molecule has 1 aliphatic heterocycles. The number of halogens is 1. The Labute approximate surface area is 211 Å². The van der Waals surface area contributed by atoms with Gasteiger partial charge in [-0.1, -0.05) is 44.6 Å². The summed E-state index contributed by atoms with van der Waals surface area (Å²) in [4.78, 5) is 22.5. The Morgan fingerprint density at radius 3 is 2.59 bits per heavy atom. The van der Waals surface area contributed by atoms with Crippen LogP contribution in [0.5, 0.6) is 17.2 Å². The highest BCUT2D eigenvalue weighted by Crippen LogP contribution is 2.40. The predicted octanol–water partition coefficient (Wildman–Crippen LogP) is 5.61. The monoisotopic (exact) mass is 505 g/mol. The molecule has 34 heavy (non-hydrogen) atoms. The molecule has 0 bridgehead atoms. The average molecular weight is 506 g/mol. The number of anilines is 1. The molecule has 1 aromatic heterocycles. The van der Waals surface area contributed by atoms with E-state index in [9.17, 15) is 4.79 Å². The van der Waals surface area contributed by atoms with Crippen LogP contribution in [0.2, 0.25) is 0 Å². The fourth-order valence-corrected chi connectivity index (χ4v) is 4.70. The van der Waals surface area contributed by atoms with Crippen molar-refractivity contribution in [2.24, 2.45) is 0 Å². The van der Waals surface area contributed by atoms with E-state index in [2.05, 4.69) is 25.7 Å². The maximum absolute atomic E-state index is 13.7. The molecule has 184 valence electrons. The molecule has 7 nitrogen and oxygen atoms in total. The van der Waals surface area contributed by atoms with Crippen molar-refractivity contribution >= 4 is 45.0 Å². The lowest BCUT2D eigenvalue weighted by molar-refractivity contribution is 0.0983. The zero-order valence-corrected chi connectivity index (χ0v) is 21.5. The minimum absolute atomic E-state index is 0. The van der Waals surface area contributed by atoms with Gasteiger partial charge < -0.3 is 19.1 Å². The summed E-state index contributed by atoms with van der Waals surface area (Å²) < 4.78 is 17.8. The first-order valence-corrected chi connectivity index (χ1v) is 12.4. The van der Waals surface area contributed by atoms with Crippen LogP contribution in [0.4, 0.5) is 5.13 Å². The molecule has 0 spiro atoms. The molecule has 3 aromatic rings. The molecule has 9 heteroatoms. The van der Waals surface area contributed by atoms with Gasteiger partial charge in [-0.25, -0.2) is 4.98 Å². The molecule has 2 aromatic carbocycles. The van der Waals surface area contributed by atoms with Gasteiger partial charge in [0.15, 0.2) is 16.6 Å². The van der Waals surface area contributed by atoms with Crippen LogP contribution in [-0.4, -0.2) is 55.4 Å². The fraction of sp³-hybridized carbons (Fsp3) is 0.440. The van der Waals surface area contributed by atoms with Gasteiger partial charge in [0.1, 0.15) is 5.75 Å². The van der Waals surface area contributed by atoms with Crippen molar-refractivity contribution in [3.8, 4) is 17.2 Å². The summed E-state index contributed by atoms with van der Waals surface area (Å²) in [7, 11) is 0. The van der Waals surface area contributed by atoms with Crippen LogP contribution in [0.3, 0.4) is 0 Å². The number of carbonyl (C=O) groups excluding carboxylic acids is 1. The lowest BCUT2D eigenvalue weighted by Gasteiger charge is -2.25. The van der Waals surface area contributed by atoms with E-state index >= 15 is 0 Å². The highest BCUT2D eigenvalue weighted by atomic mass is 35.5. The van der Waals surface area contributed by atoms with Gasteiger partial charge in [-0.3, -0.25) is 9.69 Å². The predicted molar refractivity (Wildman–Crippen MR) is 139 cm³/mol. The molecule has 0 unspecified atom stereocenters. The Balaban J connectivity index is 0.00000324. The van der Waals surface area contributed by atoms with Crippen LogP contribution in [0.1, 0.15) is 44.0 Å². The van der Waals surface area contributed by atoms with E-state index in [4.69, 9.17) is 19.2 Å². The summed E-state index contributed by atoms with van der Waals surface area (Å²) in [6, 6.07) is 11.2. The van der Waals surface area contributed by atoms with E-state index in [1.165, 1.54) is 11.3 Å². The number of hydrogen-bond donors (Lipinski definition) is 0. The molecule has 1 amide bonds. The number of likely N-dealkylation sites (N-methyl/N-ethyl adjacent to an activating group) is 1. The van der Waals surface area contributed by atoms with Gasteiger partial charge in [-0.15, -0.1) is 12.4 Å². The van der Waals surface area contributed by atoms with E-state index in [0.717, 1.165) is 48.4 Å². The highest BCUT2D eigenvalue weighted by molar-refractivity contribution is 7.22. The van der Waals surface area contributed by atoms with Crippen LogP contribution in [0.25, 0.3) is 10.2 Å². The van der Waals surface area contributed by atoms with E-state index in [1.54, 1.807) is 4.90 Å². The van der Waals surface area contributed by atoms with Crippen LogP contribution in [-0.2, 0) is 0 Å². The summed E-state index contributed by atoms with van der Waals surface area (Å²) in [6.45, 7) is 10.4. The molecule has 0 saturated carbocycles. The number of hydrogen-bond acceptors (Lipinski definition) is 7. The summed E-state index contributed by atoms with van der Waals surface area (Å²) in [5.74, 6) is 2.04. The smallest absolute Gasteiger partial charge is 0.260 e. The topological polar surface area (TPSA) is 64.1 Å². The Bertz CT molecular complexity index is 1060. The maximum atomic E-state index is 13.7. The minimum atomic E-state index is -0.0813. The van der Waals surface area contributed by atoms with Gasteiger partial charge in [0.2, 0.25) is 6.79 Å². The highest BCUT2D eigenvalue weighted by Gasteiger charge is 2.24. The van der Waals surface area contributed by atoms with Crippen molar-refractivity contribution in [1.29, 1.82) is 0 Å². The van der Waals surface area contributed by atoms with E-state index in [1.807, 2.05) is 36.4 Å². The van der Waals surface area contributed by atoms with Crippen LogP contribution < -0.4 is 19.1 Å². The SMILES string of the molecule is CCCCOc1cccc(C(=O)N(CCN(CC)CC)c2nc3cc4c(cc3s2)OCO4)c1.Cl. The van der Waals surface area contributed by atoms with E-state index in [-0.39, 0.29) is 25.1 Å². The van der Waals surface area contributed by atoms with Crippen molar-refractivity contribution in [2.75, 3.05) is 44.5 Å². The van der Waals surface area contributed by atoms with Gasteiger partial charge in [0.25, 0.3) is 5.91 Å². The molecule has 0 radical (unpaired) electrons. The summed E-state index contributed by atoms with van der Waals surface area (Å²) in [5.41, 5.74) is 1.40. The molecular formula is C25H32ClN3O4S. The molecule has 0 atom stereocenters. The zero-order valence-electron chi connectivity index (χ0n) is 19.9. The molecule has 1 aliphatic rings. The van der Waals surface area contributed by atoms with Crippen LogP contribution >= 0.6 is 23.7 Å². The number of rotatable bonds is 11. The number of fused-ring (bicyclic) bond motifs is 2. The van der Waals surface area contributed by atoms with Crippen molar-refractivity contribution < 1.29 is 19.0 Å². The first-order valence-electron chi connectivity index (χ1n) is 11.6. The summed E-state index contributed by atoms with van der Waals surface area (Å²) in [6.07, 6.45) is 2.05. The second-order valence-corrected chi connectivity index (χ2v) is 8.89. The lowest BCUT2D eigenvalue weighted by atomic mass is 10.2. The first kappa shape index (κ1) is 26.1. The van der Waals surface area contributed by atoms with Crippen LogP contribution in [0.15, 0.2) is 36.4 Å². The van der Waals surface area contributed by atoms with Crippen molar-refractivity contribution in [3.63, 3.8) is 0 Å². The largest absolute Gasteiger partial charge is 0.494 e. The Kier molecular flexibility index (Phi) is 9.38. The van der Waals surface area contributed by atoms with Crippen molar-refractivity contribution in [1.82, 2.24) is 9.88 Å². The molecule has 4 rings (SSSR count). The second kappa shape index (κ2) is 12.2. The third kappa shape index (κ3) is 5.92. The third-order valence-electron chi connectivity index (χ3n) is 5.73. The summed E-state index contributed by atoms with van der Waals surface area (Å²) in [5, 5.41) is 0.670. The van der Waals surface area contributed by atoms with Gasteiger partial charge in [0.05, 0.1) is 16.8 Å². The average Bonchev–Trinajstić information content (AvgIpc) is 3.46. The quantitative estimate of drug-likeness (QED) is 0.315. The number of nitrogens with zero attached hydrogens (tertiary/aromatic N) is 3. The molecule has 0 fully saturated rings. The molecule has 0 aliphatic carbocycles. The second-order valence-electron chi connectivity index (χ2n) is 7.88. The van der Waals surface area contributed by atoms with Gasteiger partial charge in [0, 0.05) is 30.8 Å². The number of ether oxygens (including phenoxy) is 3. The number of carbonyl (C=O) groups is 1. The Morgan fingerprint density at radius 2 is 1.85 bits per heavy atom. The molecule has 0 saturated heterocycles. The molecular weight excluding hydrogens is 474 g/mol. The Hall–Kier alpha value is -2.55. The molecule has 2 heterocycles. The van der Waals surface area contributed by atoms with Gasteiger partial charge in [-0.2, -0.15) is 0 Å². The maximum Gasteiger partial charge on any atom is 0.260 e. The standard InChI is InChI=1S/C25H31N3O4S.ClH/c1-4-7-13-30-19-10-8-9-18(14-19)24(29)28(12-11-27(5-2)6-3)25-26-20-15-21-22(32-17-31-21)16-23(20)33-25;/h8-10,14-16H,4-7,11-13,17H2,1-3H3;1H. The number of unbranched alkanes of at least 4 members (excludes halogenated alkanes) is 1. The van der Waals surface area contributed by atoms with Gasteiger partial charge >= 0.3 is 0 Å². The molecule has 0 N–H and O–H groups in total. The Morgan fingerprint density at radius 1 is 1.09 bits per heavy atom. The number of aromatic nitrogens is 1. The van der Waals surface area contributed by atoms with E-state index < -0.39 is 0 Å². The number of amides is 1. The number of thiazole rings is 1. The fourth-order valence-electron chi connectivity index (χ4n) is 3.70. The summed E-state index contributed by atoms with van der Waals surface area (Å²) >= 11 is 1.49.